The van der Waals surface area contributed by atoms with E-state index in [1.54, 1.807) is 11.3 Å². The summed E-state index contributed by atoms with van der Waals surface area (Å²) in [5.74, 6) is 0.154. The van der Waals surface area contributed by atoms with E-state index < -0.39 is 0 Å². The van der Waals surface area contributed by atoms with Crippen LogP contribution in [-0.2, 0) is 6.42 Å². The lowest BCUT2D eigenvalue weighted by atomic mass is 10.1. The van der Waals surface area contributed by atoms with Gasteiger partial charge in [-0.1, -0.05) is 28.1 Å². The zero-order valence-electron chi connectivity index (χ0n) is 8.24. The van der Waals surface area contributed by atoms with E-state index in [2.05, 4.69) is 31.9 Å². The minimum absolute atomic E-state index is 0.154. The van der Waals surface area contributed by atoms with Gasteiger partial charge < -0.3 is 0 Å². The summed E-state index contributed by atoms with van der Waals surface area (Å²) in [5.41, 5.74) is 0.757. The highest BCUT2D eigenvalue weighted by Crippen LogP contribution is 2.23. The predicted octanol–water partition coefficient (Wildman–Crippen LogP) is 4.70. The van der Waals surface area contributed by atoms with Gasteiger partial charge in [0.15, 0.2) is 5.78 Å². The maximum Gasteiger partial charge on any atom is 0.168 e. The third-order valence-corrected chi connectivity index (χ3v) is 4.28. The first kappa shape index (κ1) is 12.0. The maximum atomic E-state index is 11.9. The van der Waals surface area contributed by atoms with E-state index in [0.717, 1.165) is 18.7 Å². The summed E-state index contributed by atoms with van der Waals surface area (Å²) in [6.45, 7) is 0. The molecule has 0 radical (unpaired) electrons. The minimum Gasteiger partial charge on any atom is -0.294 e. The Balaban J connectivity index is 2.11. The Labute approximate surface area is 115 Å². The summed E-state index contributed by atoms with van der Waals surface area (Å²) in [4.78, 5) is 13.0. The number of thiophene rings is 1. The van der Waals surface area contributed by atoms with Gasteiger partial charge in [0.1, 0.15) is 0 Å². The van der Waals surface area contributed by atoms with Crippen molar-refractivity contribution in [3.63, 3.8) is 0 Å². The number of rotatable bonds is 3. The molecule has 0 aliphatic carbocycles. The Hall–Kier alpha value is -0.450. The van der Waals surface area contributed by atoms with Gasteiger partial charge in [-0.25, -0.2) is 0 Å². The highest BCUT2D eigenvalue weighted by atomic mass is 79.9. The van der Waals surface area contributed by atoms with Crippen LogP contribution in [0.3, 0.4) is 0 Å². The van der Waals surface area contributed by atoms with E-state index in [-0.39, 0.29) is 5.78 Å². The lowest BCUT2D eigenvalue weighted by Crippen LogP contribution is -2.01. The van der Waals surface area contributed by atoms with Crippen LogP contribution in [-0.4, -0.2) is 5.78 Å². The first-order valence-corrected chi connectivity index (χ1v) is 7.08. The van der Waals surface area contributed by atoms with Crippen molar-refractivity contribution in [3.8, 4) is 0 Å². The fraction of sp³-hybridized carbons (Fsp3) is 0.0833. The van der Waals surface area contributed by atoms with Crippen LogP contribution >= 0.6 is 43.2 Å². The smallest absolute Gasteiger partial charge is 0.168 e. The van der Waals surface area contributed by atoms with Gasteiger partial charge in [-0.15, -0.1) is 11.3 Å². The average Bonchev–Trinajstić information content (AvgIpc) is 2.65. The third kappa shape index (κ3) is 3.03. The summed E-state index contributed by atoms with van der Waals surface area (Å²) in [7, 11) is 0. The van der Waals surface area contributed by atoms with Crippen molar-refractivity contribution in [1.82, 2.24) is 0 Å². The molecule has 0 atom stereocenters. The van der Waals surface area contributed by atoms with E-state index >= 15 is 0 Å². The van der Waals surface area contributed by atoms with E-state index in [9.17, 15) is 4.79 Å². The highest BCUT2D eigenvalue weighted by Gasteiger charge is 2.08. The molecule has 1 aromatic carbocycles. The quantitative estimate of drug-likeness (QED) is 0.726. The second-order valence-corrected chi connectivity index (χ2v) is 6.78. The molecule has 0 saturated carbocycles. The van der Waals surface area contributed by atoms with Crippen LogP contribution in [0.2, 0.25) is 0 Å². The van der Waals surface area contributed by atoms with Gasteiger partial charge in [-0.3, -0.25) is 4.79 Å². The topological polar surface area (TPSA) is 17.1 Å². The maximum absolute atomic E-state index is 11.9. The summed E-state index contributed by atoms with van der Waals surface area (Å²) < 4.78 is 2.05. The Bertz CT molecular complexity index is 502. The van der Waals surface area contributed by atoms with Crippen molar-refractivity contribution in [2.24, 2.45) is 0 Å². The molecular weight excluding hydrogens is 352 g/mol. The minimum atomic E-state index is 0.154. The number of halogens is 2. The Morgan fingerprint density at radius 2 is 1.75 bits per heavy atom. The van der Waals surface area contributed by atoms with Crippen LogP contribution in [0.4, 0.5) is 0 Å². The molecule has 0 amide bonds. The number of carbonyl (C=O) groups excluding carboxylic acids is 1. The van der Waals surface area contributed by atoms with E-state index in [1.807, 2.05) is 36.4 Å². The molecule has 0 saturated heterocycles. The lowest BCUT2D eigenvalue weighted by molar-refractivity contribution is 0.0994. The van der Waals surface area contributed by atoms with Crippen molar-refractivity contribution >= 4 is 49.0 Å². The van der Waals surface area contributed by atoms with Crippen molar-refractivity contribution in [2.75, 3.05) is 0 Å². The molecular formula is C12H8Br2OS. The SMILES string of the molecule is O=C(Cc1ccc(Br)s1)c1ccc(Br)cc1. The first-order valence-electron chi connectivity index (χ1n) is 4.68. The monoisotopic (exact) mass is 358 g/mol. The molecule has 0 unspecified atom stereocenters. The summed E-state index contributed by atoms with van der Waals surface area (Å²) in [6.07, 6.45) is 0.470. The standard InChI is InChI=1S/C12H8Br2OS/c13-9-3-1-8(2-4-9)11(15)7-10-5-6-12(14)16-10/h1-6H,7H2. The number of ketones is 1. The van der Waals surface area contributed by atoms with Gasteiger partial charge in [0.2, 0.25) is 0 Å². The van der Waals surface area contributed by atoms with Crippen molar-refractivity contribution in [3.05, 3.63) is 55.1 Å². The summed E-state index contributed by atoms with van der Waals surface area (Å²) >= 11 is 8.34. The molecule has 0 fully saturated rings. The Kier molecular flexibility index (Phi) is 3.95. The molecule has 0 bridgehead atoms. The van der Waals surface area contributed by atoms with Gasteiger partial charge >= 0.3 is 0 Å². The molecule has 2 aromatic rings. The van der Waals surface area contributed by atoms with Crippen molar-refractivity contribution < 1.29 is 4.79 Å². The zero-order chi connectivity index (χ0) is 11.5. The second kappa shape index (κ2) is 5.25. The van der Waals surface area contributed by atoms with Crippen LogP contribution in [0.15, 0.2) is 44.7 Å². The van der Waals surface area contributed by atoms with E-state index in [1.165, 1.54) is 0 Å². The number of carbonyl (C=O) groups is 1. The van der Waals surface area contributed by atoms with Crippen LogP contribution in [0.1, 0.15) is 15.2 Å². The molecule has 4 heteroatoms. The van der Waals surface area contributed by atoms with Gasteiger partial charge in [0.05, 0.1) is 3.79 Å². The van der Waals surface area contributed by atoms with Gasteiger partial charge in [-0.2, -0.15) is 0 Å². The Morgan fingerprint density at radius 1 is 1.06 bits per heavy atom. The summed E-state index contributed by atoms with van der Waals surface area (Å²) in [5, 5.41) is 0. The van der Waals surface area contributed by atoms with Gasteiger partial charge in [0, 0.05) is 21.3 Å². The molecule has 0 aliphatic rings. The fourth-order valence-electron chi connectivity index (χ4n) is 1.34. The van der Waals surface area contributed by atoms with Crippen molar-refractivity contribution in [1.29, 1.82) is 0 Å². The lowest BCUT2D eigenvalue weighted by Gasteiger charge is -1.99. The number of hydrogen-bond donors (Lipinski definition) is 0. The van der Waals surface area contributed by atoms with Crippen LogP contribution < -0.4 is 0 Å². The van der Waals surface area contributed by atoms with E-state index in [0.29, 0.717) is 6.42 Å². The van der Waals surface area contributed by atoms with Crippen LogP contribution in [0.5, 0.6) is 0 Å². The van der Waals surface area contributed by atoms with Crippen LogP contribution in [0.25, 0.3) is 0 Å². The highest BCUT2D eigenvalue weighted by molar-refractivity contribution is 9.11. The molecule has 0 spiro atoms. The Morgan fingerprint density at radius 3 is 2.31 bits per heavy atom. The largest absolute Gasteiger partial charge is 0.294 e. The van der Waals surface area contributed by atoms with Gasteiger partial charge in [0.25, 0.3) is 0 Å². The molecule has 1 heterocycles. The third-order valence-electron chi connectivity index (χ3n) is 2.13. The van der Waals surface area contributed by atoms with Gasteiger partial charge in [-0.05, 0) is 40.2 Å². The number of Topliss-reactive ketones (excluding diaryl/α,β-unsaturated/α-hetero) is 1. The van der Waals surface area contributed by atoms with E-state index in [4.69, 9.17) is 0 Å². The second-order valence-electron chi connectivity index (χ2n) is 3.31. The van der Waals surface area contributed by atoms with Crippen molar-refractivity contribution in [2.45, 2.75) is 6.42 Å². The average molecular weight is 360 g/mol. The summed E-state index contributed by atoms with van der Waals surface area (Å²) in [6, 6.07) is 11.4. The number of benzene rings is 1. The molecule has 16 heavy (non-hydrogen) atoms. The zero-order valence-corrected chi connectivity index (χ0v) is 12.2. The molecule has 0 N–H and O–H groups in total. The molecule has 2 rings (SSSR count). The molecule has 1 nitrogen and oxygen atoms in total. The first-order chi connectivity index (χ1) is 7.65. The molecule has 1 aromatic heterocycles. The number of hydrogen-bond acceptors (Lipinski definition) is 2. The fourth-order valence-corrected chi connectivity index (χ4v) is 3.09. The molecule has 0 aliphatic heterocycles. The van der Waals surface area contributed by atoms with Crippen LogP contribution in [0, 0.1) is 0 Å². The normalized spacial score (nSPS) is 10.4. The predicted molar refractivity (Wildman–Crippen MR) is 74.2 cm³/mol. The molecule has 82 valence electrons.